The van der Waals surface area contributed by atoms with E-state index in [0.717, 1.165) is 25.9 Å². The van der Waals surface area contributed by atoms with Gasteiger partial charge in [0, 0.05) is 20.0 Å². The lowest BCUT2D eigenvalue weighted by Gasteiger charge is -2.30. The van der Waals surface area contributed by atoms with Crippen molar-refractivity contribution in [3.63, 3.8) is 0 Å². The largest absolute Gasteiger partial charge is 0.343 e. The monoisotopic (exact) mass is 172 g/mol. The molecular weight excluding hydrogens is 156 g/mol. The van der Waals surface area contributed by atoms with Gasteiger partial charge in [-0.3, -0.25) is 4.79 Å². The highest BCUT2D eigenvalue weighted by Gasteiger charge is 2.20. The van der Waals surface area contributed by atoms with Crippen LogP contribution in [0.1, 0.15) is 19.8 Å². The highest BCUT2D eigenvalue weighted by molar-refractivity contribution is 5.73. The average molecular weight is 172 g/mol. The van der Waals surface area contributed by atoms with Crippen molar-refractivity contribution in [2.24, 2.45) is 11.8 Å². The fraction of sp³-hybridized carbons (Fsp3) is 0.875. The van der Waals surface area contributed by atoms with Crippen LogP contribution in [0.3, 0.4) is 0 Å². The Morgan fingerprint density at radius 2 is 2.17 bits per heavy atom. The van der Waals surface area contributed by atoms with Crippen molar-refractivity contribution in [1.82, 2.24) is 4.90 Å². The van der Waals surface area contributed by atoms with Crippen molar-refractivity contribution in [2.75, 3.05) is 19.7 Å². The molecule has 0 radical (unpaired) electrons. The van der Waals surface area contributed by atoms with Crippen LogP contribution in [0.25, 0.3) is 0 Å². The Morgan fingerprint density at radius 3 is 2.58 bits per heavy atom. The van der Waals surface area contributed by atoms with Crippen LogP contribution in [0.2, 0.25) is 0 Å². The number of carbonyl (C=O) groups is 1. The molecule has 1 aliphatic rings. The average Bonchev–Trinajstić information content (AvgIpc) is 2.06. The summed E-state index contributed by atoms with van der Waals surface area (Å²) in [7, 11) is 0. The molecule has 0 saturated carbocycles. The van der Waals surface area contributed by atoms with Crippen molar-refractivity contribution < 1.29 is 9.63 Å². The minimum absolute atomic E-state index is 0.169. The predicted molar refractivity (Wildman–Crippen MR) is 45.1 cm³/mol. The van der Waals surface area contributed by atoms with E-state index in [1.165, 1.54) is 0 Å². The molecule has 12 heavy (non-hydrogen) atoms. The third-order valence-corrected chi connectivity index (χ3v) is 2.39. The summed E-state index contributed by atoms with van der Waals surface area (Å²) in [6.07, 6.45) is 2.02. The first-order valence-electron chi connectivity index (χ1n) is 4.31. The molecular formula is C8H16N2O2. The first kappa shape index (κ1) is 9.48. The topological polar surface area (TPSA) is 55.6 Å². The molecule has 0 spiro atoms. The first-order valence-corrected chi connectivity index (χ1v) is 4.31. The predicted octanol–water partition coefficient (Wildman–Crippen LogP) is 0.135. The Bertz CT molecular complexity index is 153. The van der Waals surface area contributed by atoms with E-state index in [9.17, 15) is 4.79 Å². The molecule has 1 fully saturated rings. The number of likely N-dealkylation sites (tertiary alicyclic amines) is 1. The second-order valence-corrected chi connectivity index (χ2v) is 3.28. The second-order valence-electron chi connectivity index (χ2n) is 3.28. The maximum Gasteiger partial charge on any atom is 0.219 e. The van der Waals surface area contributed by atoms with Gasteiger partial charge in [0.25, 0.3) is 0 Å². The number of piperidine rings is 1. The molecule has 1 rings (SSSR count). The van der Waals surface area contributed by atoms with Crippen molar-refractivity contribution in [3.05, 3.63) is 0 Å². The van der Waals surface area contributed by atoms with Crippen LogP contribution in [0.5, 0.6) is 0 Å². The van der Waals surface area contributed by atoms with Crippen LogP contribution in [-0.4, -0.2) is 30.5 Å². The van der Waals surface area contributed by atoms with Crippen molar-refractivity contribution in [1.29, 1.82) is 0 Å². The minimum atomic E-state index is 0.169. The SMILES string of the molecule is CC(=O)N1CCC(CON)CC1. The summed E-state index contributed by atoms with van der Waals surface area (Å²) >= 11 is 0. The molecule has 4 heteroatoms. The van der Waals surface area contributed by atoms with E-state index in [0.29, 0.717) is 12.5 Å². The number of nitrogens with zero attached hydrogens (tertiary/aromatic N) is 1. The van der Waals surface area contributed by atoms with Gasteiger partial charge in [-0.15, -0.1) is 0 Å². The summed E-state index contributed by atoms with van der Waals surface area (Å²) in [5, 5.41) is 0. The van der Waals surface area contributed by atoms with Gasteiger partial charge in [0.1, 0.15) is 0 Å². The van der Waals surface area contributed by atoms with Crippen LogP contribution < -0.4 is 5.90 Å². The van der Waals surface area contributed by atoms with Crippen molar-refractivity contribution >= 4 is 5.91 Å². The van der Waals surface area contributed by atoms with Crippen molar-refractivity contribution in [2.45, 2.75) is 19.8 Å². The molecule has 1 heterocycles. The summed E-state index contributed by atoms with van der Waals surface area (Å²) in [6, 6.07) is 0. The molecule has 4 nitrogen and oxygen atoms in total. The van der Waals surface area contributed by atoms with Gasteiger partial charge < -0.3 is 9.74 Å². The molecule has 1 aliphatic heterocycles. The quantitative estimate of drug-likeness (QED) is 0.602. The lowest BCUT2D eigenvalue weighted by molar-refractivity contribution is -0.130. The fourth-order valence-corrected chi connectivity index (χ4v) is 1.55. The van der Waals surface area contributed by atoms with Gasteiger partial charge in [0.2, 0.25) is 5.91 Å². The van der Waals surface area contributed by atoms with E-state index in [1.54, 1.807) is 6.92 Å². The first-order chi connectivity index (χ1) is 5.74. The molecule has 2 N–H and O–H groups in total. The number of carbonyl (C=O) groups excluding carboxylic acids is 1. The third-order valence-electron chi connectivity index (χ3n) is 2.39. The Balaban J connectivity index is 2.25. The van der Waals surface area contributed by atoms with Gasteiger partial charge in [-0.1, -0.05) is 0 Å². The maximum atomic E-state index is 10.9. The summed E-state index contributed by atoms with van der Waals surface area (Å²) in [5.74, 6) is 5.67. The molecule has 0 aliphatic carbocycles. The van der Waals surface area contributed by atoms with Gasteiger partial charge in [-0.25, -0.2) is 5.90 Å². The number of rotatable bonds is 2. The summed E-state index contributed by atoms with van der Waals surface area (Å²) in [4.78, 5) is 17.4. The zero-order valence-corrected chi connectivity index (χ0v) is 7.45. The Labute approximate surface area is 72.6 Å². The molecule has 1 saturated heterocycles. The summed E-state index contributed by atoms with van der Waals surface area (Å²) < 4.78 is 0. The number of nitrogens with two attached hydrogens (primary N) is 1. The van der Waals surface area contributed by atoms with Gasteiger partial charge in [-0.05, 0) is 18.8 Å². The van der Waals surface area contributed by atoms with Gasteiger partial charge in [0.05, 0.1) is 6.61 Å². The number of hydrogen-bond acceptors (Lipinski definition) is 3. The van der Waals surface area contributed by atoms with Gasteiger partial charge in [-0.2, -0.15) is 0 Å². The molecule has 0 unspecified atom stereocenters. The Hall–Kier alpha value is -0.610. The van der Waals surface area contributed by atoms with E-state index >= 15 is 0 Å². The smallest absolute Gasteiger partial charge is 0.219 e. The third kappa shape index (κ3) is 2.46. The van der Waals surface area contributed by atoms with E-state index in [-0.39, 0.29) is 5.91 Å². The van der Waals surface area contributed by atoms with Crippen LogP contribution in [0, 0.1) is 5.92 Å². The van der Waals surface area contributed by atoms with E-state index in [4.69, 9.17) is 5.90 Å². The summed E-state index contributed by atoms with van der Waals surface area (Å²) in [6.45, 7) is 3.93. The Kier molecular flexibility index (Phi) is 3.49. The number of amides is 1. The maximum absolute atomic E-state index is 10.9. The van der Waals surface area contributed by atoms with E-state index in [2.05, 4.69) is 4.84 Å². The minimum Gasteiger partial charge on any atom is -0.343 e. The van der Waals surface area contributed by atoms with Crippen molar-refractivity contribution in [3.8, 4) is 0 Å². The molecule has 0 aromatic rings. The molecule has 0 aromatic carbocycles. The van der Waals surface area contributed by atoms with Crippen LogP contribution in [0.15, 0.2) is 0 Å². The van der Waals surface area contributed by atoms with Gasteiger partial charge >= 0.3 is 0 Å². The molecule has 0 aromatic heterocycles. The van der Waals surface area contributed by atoms with E-state index < -0.39 is 0 Å². The molecule has 70 valence electrons. The highest BCUT2D eigenvalue weighted by Crippen LogP contribution is 2.16. The Morgan fingerprint density at radius 1 is 1.58 bits per heavy atom. The normalized spacial score (nSPS) is 19.7. The van der Waals surface area contributed by atoms with Crippen LogP contribution in [0.4, 0.5) is 0 Å². The van der Waals surface area contributed by atoms with Crippen LogP contribution in [-0.2, 0) is 9.63 Å². The molecule has 1 amide bonds. The second kappa shape index (κ2) is 4.42. The molecule has 0 bridgehead atoms. The lowest BCUT2D eigenvalue weighted by Crippen LogP contribution is -2.38. The number of hydrogen-bond donors (Lipinski definition) is 1. The van der Waals surface area contributed by atoms with Crippen LogP contribution >= 0.6 is 0 Å². The lowest BCUT2D eigenvalue weighted by atomic mass is 9.98. The highest BCUT2D eigenvalue weighted by atomic mass is 16.6. The standard InChI is InChI=1S/C8H16N2O2/c1-7(11)10-4-2-8(3-5-10)6-12-9/h8H,2-6,9H2,1H3. The van der Waals surface area contributed by atoms with E-state index in [1.807, 2.05) is 4.90 Å². The fourth-order valence-electron chi connectivity index (χ4n) is 1.55. The summed E-state index contributed by atoms with van der Waals surface area (Å²) in [5.41, 5.74) is 0. The zero-order valence-electron chi connectivity index (χ0n) is 7.45. The van der Waals surface area contributed by atoms with Gasteiger partial charge in [0.15, 0.2) is 0 Å². The zero-order chi connectivity index (χ0) is 8.97. The molecule has 0 atom stereocenters.